The van der Waals surface area contributed by atoms with Gasteiger partial charge in [0.15, 0.2) is 0 Å². The fourth-order valence-corrected chi connectivity index (χ4v) is 1.23. The van der Waals surface area contributed by atoms with Gasteiger partial charge in [-0.25, -0.2) is 0 Å². The van der Waals surface area contributed by atoms with Crippen molar-refractivity contribution in [3.63, 3.8) is 0 Å². The number of benzene rings is 1. The lowest BCUT2D eigenvalue weighted by Gasteiger charge is -1.92. The quantitative estimate of drug-likeness (QED) is 0.607. The summed E-state index contributed by atoms with van der Waals surface area (Å²) < 4.78 is 0. The van der Waals surface area contributed by atoms with Crippen LogP contribution >= 0.6 is 11.6 Å². The molecule has 2 heteroatoms. The van der Waals surface area contributed by atoms with Gasteiger partial charge >= 0.3 is 0 Å². The molecule has 1 aromatic carbocycles. The van der Waals surface area contributed by atoms with Crippen molar-refractivity contribution in [3.05, 3.63) is 34.9 Å². The smallest absolute Gasteiger partial charge is 0.0897 e. The van der Waals surface area contributed by atoms with Gasteiger partial charge in [-0.2, -0.15) is 0 Å². The maximum absolute atomic E-state index is 5.73. The molecule has 1 unspecified atom stereocenters. The first-order chi connectivity index (χ1) is 5.27. The number of halogens is 1. The van der Waals surface area contributed by atoms with Crippen LogP contribution in [0.4, 0.5) is 0 Å². The lowest BCUT2D eigenvalue weighted by Crippen LogP contribution is -1.92. The van der Waals surface area contributed by atoms with Gasteiger partial charge in [0.05, 0.1) is 11.8 Å². The molecule has 11 heavy (non-hydrogen) atoms. The summed E-state index contributed by atoms with van der Waals surface area (Å²) in [6.45, 7) is 2.09. The Hall–Kier alpha value is -0.820. The molecule has 0 aliphatic carbocycles. The molecular weight excluding hydrogens is 158 g/mol. The van der Waals surface area contributed by atoms with Gasteiger partial charge in [-0.15, -0.1) is 0 Å². The molecule has 1 aliphatic rings. The van der Waals surface area contributed by atoms with E-state index < -0.39 is 0 Å². The second-order valence-electron chi connectivity index (χ2n) is 2.70. The topological polar surface area (TPSA) is 12.4 Å². The second kappa shape index (κ2) is 2.35. The van der Waals surface area contributed by atoms with Gasteiger partial charge in [0.25, 0.3) is 0 Å². The third-order valence-electron chi connectivity index (χ3n) is 1.80. The number of aliphatic imine (C=N–C) groups is 1. The first-order valence-corrected chi connectivity index (χ1v) is 3.99. The zero-order valence-corrected chi connectivity index (χ0v) is 6.97. The molecule has 1 aliphatic heterocycles. The Bertz CT molecular complexity index is 300. The van der Waals surface area contributed by atoms with Crippen LogP contribution in [0.5, 0.6) is 0 Å². The fraction of sp³-hybridized carbons (Fsp3) is 0.222. The van der Waals surface area contributed by atoms with Gasteiger partial charge in [-0.1, -0.05) is 23.7 Å². The SMILES string of the molecule is CC1N=C1c1ccc(Cl)cc1. The third kappa shape index (κ3) is 1.29. The number of hydrogen-bond acceptors (Lipinski definition) is 1. The van der Waals surface area contributed by atoms with E-state index >= 15 is 0 Å². The minimum Gasteiger partial charge on any atom is -0.277 e. The van der Waals surface area contributed by atoms with Gasteiger partial charge < -0.3 is 0 Å². The van der Waals surface area contributed by atoms with Crippen molar-refractivity contribution in [3.8, 4) is 0 Å². The number of rotatable bonds is 1. The molecule has 0 amide bonds. The van der Waals surface area contributed by atoms with E-state index in [4.69, 9.17) is 11.6 Å². The van der Waals surface area contributed by atoms with E-state index in [2.05, 4.69) is 11.9 Å². The highest BCUT2D eigenvalue weighted by molar-refractivity contribution is 6.30. The summed E-state index contributed by atoms with van der Waals surface area (Å²) in [4.78, 5) is 4.23. The van der Waals surface area contributed by atoms with Crippen molar-refractivity contribution in [2.24, 2.45) is 4.99 Å². The predicted octanol–water partition coefficient (Wildman–Crippen LogP) is 2.53. The predicted molar refractivity (Wildman–Crippen MR) is 47.5 cm³/mol. The van der Waals surface area contributed by atoms with Crippen molar-refractivity contribution in [2.75, 3.05) is 0 Å². The zero-order valence-electron chi connectivity index (χ0n) is 6.21. The molecule has 1 heterocycles. The molecule has 0 radical (unpaired) electrons. The van der Waals surface area contributed by atoms with Crippen molar-refractivity contribution >= 4 is 17.3 Å². The first-order valence-electron chi connectivity index (χ1n) is 3.61. The molecule has 1 atom stereocenters. The molecule has 0 N–H and O–H groups in total. The molecule has 56 valence electrons. The Morgan fingerprint density at radius 1 is 1.27 bits per heavy atom. The van der Waals surface area contributed by atoms with Crippen LogP contribution in [0.1, 0.15) is 12.5 Å². The maximum atomic E-state index is 5.73. The molecule has 0 spiro atoms. The summed E-state index contributed by atoms with van der Waals surface area (Å²) in [7, 11) is 0. The number of hydrogen-bond donors (Lipinski definition) is 0. The van der Waals surface area contributed by atoms with Crippen LogP contribution in [0.3, 0.4) is 0 Å². The lowest BCUT2D eigenvalue weighted by molar-refractivity contribution is 1.15. The maximum Gasteiger partial charge on any atom is 0.0897 e. The fourth-order valence-electron chi connectivity index (χ4n) is 1.11. The van der Waals surface area contributed by atoms with Crippen molar-refractivity contribution in [2.45, 2.75) is 13.0 Å². The summed E-state index contributed by atoms with van der Waals surface area (Å²) in [5.41, 5.74) is 2.39. The molecule has 1 aromatic rings. The minimum absolute atomic E-state index is 0.427. The average Bonchev–Trinajstić information content (AvgIpc) is 2.69. The van der Waals surface area contributed by atoms with Crippen LogP contribution in [0.25, 0.3) is 0 Å². The highest BCUT2D eigenvalue weighted by atomic mass is 35.5. The number of nitrogens with zero attached hydrogens (tertiary/aromatic N) is 1. The molecule has 0 saturated carbocycles. The zero-order chi connectivity index (χ0) is 7.84. The van der Waals surface area contributed by atoms with Crippen molar-refractivity contribution < 1.29 is 0 Å². The van der Waals surface area contributed by atoms with Crippen LogP contribution in [0.15, 0.2) is 29.3 Å². The molecule has 0 bridgehead atoms. The molecule has 0 fully saturated rings. The standard InChI is InChI=1S/C9H8ClN/c1-6-9(11-6)7-2-4-8(10)5-3-7/h2-6H,1H3. The van der Waals surface area contributed by atoms with E-state index in [-0.39, 0.29) is 0 Å². The van der Waals surface area contributed by atoms with E-state index in [1.54, 1.807) is 0 Å². The normalized spacial score (nSPS) is 21.3. The van der Waals surface area contributed by atoms with Gasteiger partial charge in [0.1, 0.15) is 0 Å². The van der Waals surface area contributed by atoms with E-state index in [9.17, 15) is 0 Å². The van der Waals surface area contributed by atoms with Crippen LogP contribution < -0.4 is 0 Å². The Kier molecular flexibility index (Phi) is 1.46. The molecule has 1 nitrogen and oxygen atoms in total. The summed E-state index contributed by atoms with van der Waals surface area (Å²) in [5.74, 6) is 0. The molecule has 0 saturated heterocycles. The lowest BCUT2D eigenvalue weighted by atomic mass is 10.1. The van der Waals surface area contributed by atoms with E-state index in [0.717, 1.165) is 5.02 Å². The monoisotopic (exact) mass is 165 g/mol. The summed E-state index contributed by atoms with van der Waals surface area (Å²) >= 11 is 5.73. The van der Waals surface area contributed by atoms with Gasteiger partial charge in [-0.3, -0.25) is 4.99 Å². The molecular formula is C9H8ClN. The van der Waals surface area contributed by atoms with Crippen LogP contribution in [0.2, 0.25) is 5.02 Å². The summed E-state index contributed by atoms with van der Waals surface area (Å²) in [6, 6.07) is 8.22. The van der Waals surface area contributed by atoms with Gasteiger partial charge in [0, 0.05) is 5.02 Å². The van der Waals surface area contributed by atoms with E-state index in [1.807, 2.05) is 24.3 Å². The average molecular weight is 166 g/mol. The van der Waals surface area contributed by atoms with E-state index in [1.165, 1.54) is 11.3 Å². The Morgan fingerprint density at radius 3 is 2.27 bits per heavy atom. The highest BCUT2D eigenvalue weighted by Gasteiger charge is 2.22. The van der Waals surface area contributed by atoms with Crippen LogP contribution in [0, 0.1) is 0 Å². The Morgan fingerprint density at radius 2 is 1.82 bits per heavy atom. The summed E-state index contributed by atoms with van der Waals surface area (Å²) in [5, 5.41) is 0.780. The van der Waals surface area contributed by atoms with Crippen LogP contribution in [-0.4, -0.2) is 11.8 Å². The largest absolute Gasteiger partial charge is 0.277 e. The first kappa shape index (κ1) is 6.86. The molecule has 0 aromatic heterocycles. The Labute approximate surface area is 70.7 Å². The Balaban J connectivity index is 2.28. The second-order valence-corrected chi connectivity index (χ2v) is 3.13. The highest BCUT2D eigenvalue weighted by Crippen LogP contribution is 2.20. The molecule has 2 rings (SSSR count). The van der Waals surface area contributed by atoms with Crippen molar-refractivity contribution in [1.29, 1.82) is 0 Å². The minimum atomic E-state index is 0.427. The van der Waals surface area contributed by atoms with Crippen molar-refractivity contribution in [1.82, 2.24) is 0 Å². The van der Waals surface area contributed by atoms with Crippen LogP contribution in [-0.2, 0) is 0 Å². The summed E-state index contributed by atoms with van der Waals surface area (Å²) in [6.07, 6.45) is 0. The third-order valence-corrected chi connectivity index (χ3v) is 2.05. The van der Waals surface area contributed by atoms with Gasteiger partial charge in [0.2, 0.25) is 0 Å². The van der Waals surface area contributed by atoms with Gasteiger partial charge in [-0.05, 0) is 24.6 Å². The van der Waals surface area contributed by atoms with E-state index in [0.29, 0.717) is 6.04 Å².